The first-order valence-electron chi connectivity index (χ1n) is 7.29. The van der Waals surface area contributed by atoms with Gasteiger partial charge < -0.3 is 5.32 Å². The molecule has 1 aliphatic carbocycles. The summed E-state index contributed by atoms with van der Waals surface area (Å²) in [5, 5.41) is 4.54. The van der Waals surface area contributed by atoms with Gasteiger partial charge in [0.1, 0.15) is 0 Å². The molecule has 0 amide bonds. The summed E-state index contributed by atoms with van der Waals surface area (Å²) in [6.07, 6.45) is 2.44. The van der Waals surface area contributed by atoms with E-state index in [1.54, 1.807) is 0 Å². The Bertz CT molecular complexity index is 561. The second kappa shape index (κ2) is 5.99. The van der Waals surface area contributed by atoms with Crippen molar-refractivity contribution in [2.24, 2.45) is 0 Å². The summed E-state index contributed by atoms with van der Waals surface area (Å²) in [7, 11) is 0. The summed E-state index contributed by atoms with van der Waals surface area (Å²) in [5.41, 5.74) is 2.66. The van der Waals surface area contributed by atoms with E-state index in [0.29, 0.717) is 18.0 Å². The maximum atomic E-state index is 6.25. The van der Waals surface area contributed by atoms with Crippen LogP contribution in [0.2, 0.25) is 5.02 Å². The summed E-state index contributed by atoms with van der Waals surface area (Å²) in [5.74, 6) is 0.715. The molecule has 0 bridgehead atoms. The predicted molar refractivity (Wildman–Crippen MR) is 85.2 cm³/mol. The van der Waals surface area contributed by atoms with Crippen molar-refractivity contribution in [2.75, 3.05) is 0 Å². The number of nitrogens with one attached hydrogen (secondary N) is 1. The molecule has 1 saturated carbocycles. The SMILES string of the molecule is C[C@@H](NC1CC(c2ccccc2)C1)c1ccccc1Cl. The molecule has 2 heteroatoms. The minimum atomic E-state index is 0.311. The van der Waals surface area contributed by atoms with Gasteiger partial charge in [-0.15, -0.1) is 0 Å². The highest BCUT2D eigenvalue weighted by molar-refractivity contribution is 6.31. The van der Waals surface area contributed by atoms with Crippen LogP contribution in [-0.4, -0.2) is 6.04 Å². The highest BCUT2D eigenvalue weighted by Gasteiger charge is 2.31. The van der Waals surface area contributed by atoms with Crippen LogP contribution in [-0.2, 0) is 0 Å². The third-order valence-electron chi connectivity index (χ3n) is 4.27. The molecule has 2 aromatic rings. The Morgan fingerprint density at radius 2 is 1.65 bits per heavy atom. The van der Waals surface area contributed by atoms with Crippen LogP contribution < -0.4 is 5.32 Å². The molecular formula is C18H20ClN. The Labute approximate surface area is 126 Å². The predicted octanol–water partition coefficient (Wildman–Crippen LogP) is 4.94. The van der Waals surface area contributed by atoms with Gasteiger partial charge in [-0.25, -0.2) is 0 Å². The molecule has 1 aliphatic rings. The Morgan fingerprint density at radius 3 is 2.35 bits per heavy atom. The molecule has 0 aromatic heterocycles. The topological polar surface area (TPSA) is 12.0 Å². The van der Waals surface area contributed by atoms with Gasteiger partial charge in [-0.05, 0) is 42.9 Å². The van der Waals surface area contributed by atoms with Gasteiger partial charge in [0.25, 0.3) is 0 Å². The summed E-state index contributed by atoms with van der Waals surface area (Å²) in [4.78, 5) is 0. The molecule has 0 spiro atoms. The van der Waals surface area contributed by atoms with Crippen LogP contribution in [0.5, 0.6) is 0 Å². The van der Waals surface area contributed by atoms with E-state index in [0.717, 1.165) is 5.02 Å². The minimum absolute atomic E-state index is 0.311. The van der Waals surface area contributed by atoms with Crippen LogP contribution in [0.15, 0.2) is 54.6 Å². The minimum Gasteiger partial charge on any atom is -0.307 e. The summed E-state index contributed by atoms with van der Waals surface area (Å²) >= 11 is 6.25. The number of hydrogen-bond acceptors (Lipinski definition) is 1. The van der Waals surface area contributed by atoms with E-state index in [4.69, 9.17) is 11.6 Å². The molecule has 1 fully saturated rings. The number of halogens is 1. The standard InChI is InChI=1S/C18H20ClN/c1-13(17-9-5-6-10-18(17)19)20-16-11-15(12-16)14-7-3-2-4-8-14/h2-10,13,15-16,20H,11-12H2,1H3/t13-,15?,16?/m1/s1. The molecule has 2 aromatic carbocycles. The van der Waals surface area contributed by atoms with Gasteiger partial charge in [-0.3, -0.25) is 0 Å². The van der Waals surface area contributed by atoms with E-state index in [1.807, 2.05) is 18.2 Å². The van der Waals surface area contributed by atoms with Crippen LogP contribution in [0.4, 0.5) is 0 Å². The molecule has 1 atom stereocenters. The average molecular weight is 286 g/mol. The van der Waals surface area contributed by atoms with E-state index >= 15 is 0 Å². The molecule has 1 N–H and O–H groups in total. The zero-order valence-corrected chi connectivity index (χ0v) is 12.5. The smallest absolute Gasteiger partial charge is 0.0453 e. The molecule has 0 heterocycles. The van der Waals surface area contributed by atoms with Gasteiger partial charge in [-0.2, -0.15) is 0 Å². The third kappa shape index (κ3) is 2.89. The van der Waals surface area contributed by atoms with E-state index < -0.39 is 0 Å². The summed E-state index contributed by atoms with van der Waals surface area (Å²) < 4.78 is 0. The second-order valence-corrected chi connectivity index (χ2v) is 6.09. The lowest BCUT2D eigenvalue weighted by atomic mass is 9.75. The molecule has 0 saturated heterocycles. The lowest BCUT2D eigenvalue weighted by molar-refractivity contribution is 0.271. The Morgan fingerprint density at radius 1 is 1.00 bits per heavy atom. The van der Waals surface area contributed by atoms with E-state index in [-0.39, 0.29) is 0 Å². The molecule has 104 valence electrons. The van der Waals surface area contributed by atoms with Gasteiger partial charge in [0.2, 0.25) is 0 Å². The van der Waals surface area contributed by atoms with Crippen molar-refractivity contribution in [2.45, 2.75) is 37.8 Å². The molecule has 0 unspecified atom stereocenters. The number of rotatable bonds is 4. The lowest BCUT2D eigenvalue weighted by Gasteiger charge is -2.38. The highest BCUT2D eigenvalue weighted by atomic mass is 35.5. The molecule has 20 heavy (non-hydrogen) atoms. The van der Waals surface area contributed by atoms with Gasteiger partial charge in [0.05, 0.1) is 0 Å². The van der Waals surface area contributed by atoms with Crippen molar-refractivity contribution in [3.8, 4) is 0 Å². The second-order valence-electron chi connectivity index (χ2n) is 5.69. The van der Waals surface area contributed by atoms with Gasteiger partial charge in [-0.1, -0.05) is 60.1 Å². The van der Waals surface area contributed by atoms with Crippen LogP contribution >= 0.6 is 11.6 Å². The first-order valence-corrected chi connectivity index (χ1v) is 7.67. The maximum Gasteiger partial charge on any atom is 0.0453 e. The Hall–Kier alpha value is -1.31. The van der Waals surface area contributed by atoms with Crippen LogP contribution in [0.3, 0.4) is 0 Å². The van der Waals surface area contributed by atoms with Gasteiger partial charge in [0, 0.05) is 17.1 Å². The maximum absolute atomic E-state index is 6.25. The molecule has 0 aliphatic heterocycles. The van der Waals surface area contributed by atoms with Crippen LogP contribution in [0, 0.1) is 0 Å². The van der Waals surface area contributed by atoms with E-state index in [2.05, 4.69) is 48.6 Å². The van der Waals surface area contributed by atoms with E-state index in [9.17, 15) is 0 Å². The first-order chi connectivity index (χ1) is 9.74. The normalized spacial score (nSPS) is 23.1. The molecule has 1 nitrogen and oxygen atoms in total. The zero-order valence-electron chi connectivity index (χ0n) is 11.7. The third-order valence-corrected chi connectivity index (χ3v) is 4.61. The highest BCUT2D eigenvalue weighted by Crippen LogP contribution is 2.38. The largest absolute Gasteiger partial charge is 0.307 e. The summed E-state index contributed by atoms with van der Waals surface area (Å²) in [6.45, 7) is 2.19. The lowest BCUT2D eigenvalue weighted by Crippen LogP contribution is -2.41. The van der Waals surface area contributed by atoms with Crippen molar-refractivity contribution >= 4 is 11.6 Å². The van der Waals surface area contributed by atoms with E-state index in [1.165, 1.54) is 24.0 Å². The molecular weight excluding hydrogens is 266 g/mol. The quantitative estimate of drug-likeness (QED) is 0.839. The Balaban J connectivity index is 1.55. The monoisotopic (exact) mass is 285 g/mol. The zero-order chi connectivity index (χ0) is 13.9. The van der Waals surface area contributed by atoms with Crippen LogP contribution in [0.25, 0.3) is 0 Å². The van der Waals surface area contributed by atoms with Crippen molar-refractivity contribution in [3.05, 3.63) is 70.7 Å². The number of hydrogen-bond donors (Lipinski definition) is 1. The average Bonchev–Trinajstić information content (AvgIpc) is 2.43. The van der Waals surface area contributed by atoms with Gasteiger partial charge >= 0.3 is 0 Å². The fraction of sp³-hybridized carbons (Fsp3) is 0.333. The van der Waals surface area contributed by atoms with Gasteiger partial charge in [0.15, 0.2) is 0 Å². The fourth-order valence-electron chi connectivity index (χ4n) is 3.02. The van der Waals surface area contributed by atoms with Crippen molar-refractivity contribution < 1.29 is 0 Å². The number of benzene rings is 2. The fourth-order valence-corrected chi connectivity index (χ4v) is 3.32. The first kappa shape index (κ1) is 13.7. The van der Waals surface area contributed by atoms with Crippen molar-refractivity contribution in [1.82, 2.24) is 5.32 Å². The Kier molecular flexibility index (Phi) is 4.09. The van der Waals surface area contributed by atoms with Crippen molar-refractivity contribution in [3.63, 3.8) is 0 Å². The molecule has 3 rings (SSSR count). The molecule has 0 radical (unpaired) electrons. The van der Waals surface area contributed by atoms with Crippen molar-refractivity contribution in [1.29, 1.82) is 0 Å². The van der Waals surface area contributed by atoms with Crippen LogP contribution in [0.1, 0.15) is 42.9 Å². The summed E-state index contributed by atoms with van der Waals surface area (Å²) in [6, 6.07) is 19.8.